The summed E-state index contributed by atoms with van der Waals surface area (Å²) in [6.45, 7) is 4.40. The van der Waals surface area contributed by atoms with Crippen LogP contribution in [0.2, 0.25) is 0 Å². The first-order valence-corrected chi connectivity index (χ1v) is 11.9. The first kappa shape index (κ1) is 24.7. The van der Waals surface area contributed by atoms with E-state index in [0.29, 0.717) is 37.4 Å². The van der Waals surface area contributed by atoms with Crippen molar-refractivity contribution in [2.75, 3.05) is 37.3 Å². The fourth-order valence-corrected chi connectivity index (χ4v) is 4.22. The number of hydrogen-bond acceptors (Lipinski definition) is 4. The molecule has 3 aromatic rings. The van der Waals surface area contributed by atoms with Gasteiger partial charge in [-0.05, 0) is 71.8 Å². The molecule has 0 aliphatic carbocycles. The van der Waals surface area contributed by atoms with E-state index in [-0.39, 0.29) is 18.2 Å². The normalized spacial score (nSPS) is 13.4. The largest absolute Gasteiger partial charge is 0.392 e. The minimum absolute atomic E-state index is 0.157. The molecule has 1 aliphatic rings. The van der Waals surface area contributed by atoms with E-state index >= 15 is 0 Å². The summed E-state index contributed by atoms with van der Waals surface area (Å²) >= 11 is 1.72. The Morgan fingerprint density at radius 3 is 2.33 bits per heavy atom. The van der Waals surface area contributed by atoms with Crippen molar-refractivity contribution >= 4 is 23.9 Å². The minimum atomic E-state index is -0.323. The standard InChI is InChI=1S/C14H13FS.C12H15FN2O2/c1-10-8-13(16-2)6-7-14(10)11-4-3-5-12(15)9-11;13-11-7-10(8-16)1-2-12(11)15-5-3-14(9-17)4-6-15/h3-9H,1-2H3;1-2,7,9,16H,3-6,8H2. The summed E-state index contributed by atoms with van der Waals surface area (Å²) in [6, 6.07) is 17.7. The number of anilines is 1. The predicted octanol–water partition coefficient (Wildman–Crippen LogP) is 5.12. The van der Waals surface area contributed by atoms with Gasteiger partial charge in [0.2, 0.25) is 6.41 Å². The summed E-state index contributed by atoms with van der Waals surface area (Å²) < 4.78 is 26.9. The Morgan fingerprint density at radius 1 is 1.00 bits per heavy atom. The molecule has 0 atom stereocenters. The SMILES string of the molecule is CSc1ccc(-c2cccc(F)c2)c(C)c1.O=CN1CCN(c2ccc(CO)cc2F)CC1. The molecule has 1 heterocycles. The molecule has 1 amide bonds. The number of hydrogen-bond donors (Lipinski definition) is 1. The van der Waals surface area contributed by atoms with E-state index in [2.05, 4.69) is 31.4 Å². The Balaban J connectivity index is 0.000000186. The third-order valence-electron chi connectivity index (χ3n) is 5.57. The summed E-state index contributed by atoms with van der Waals surface area (Å²) in [5.74, 6) is -0.512. The maximum atomic E-state index is 13.8. The van der Waals surface area contributed by atoms with Crippen LogP contribution >= 0.6 is 11.8 Å². The molecule has 4 nitrogen and oxygen atoms in total. The molecule has 0 saturated carbocycles. The van der Waals surface area contributed by atoms with Crippen molar-refractivity contribution < 1.29 is 18.7 Å². The lowest BCUT2D eigenvalue weighted by atomic mass is 10.0. The second-order valence-corrected chi connectivity index (χ2v) is 8.64. The number of halogens is 2. The zero-order valence-electron chi connectivity index (χ0n) is 18.8. The molecule has 1 N–H and O–H groups in total. The van der Waals surface area contributed by atoms with Crippen LogP contribution in [0.15, 0.2) is 65.6 Å². The van der Waals surface area contributed by atoms with Crippen LogP contribution in [0.5, 0.6) is 0 Å². The van der Waals surface area contributed by atoms with Gasteiger partial charge in [-0.2, -0.15) is 0 Å². The van der Waals surface area contributed by atoms with Gasteiger partial charge in [0, 0.05) is 31.1 Å². The third kappa shape index (κ3) is 6.55. The van der Waals surface area contributed by atoms with Gasteiger partial charge in [-0.1, -0.05) is 24.3 Å². The van der Waals surface area contributed by atoms with Crippen LogP contribution in [0.1, 0.15) is 11.1 Å². The molecule has 3 aromatic carbocycles. The average molecular weight is 471 g/mol. The van der Waals surface area contributed by atoms with E-state index in [1.54, 1.807) is 40.9 Å². The van der Waals surface area contributed by atoms with E-state index in [9.17, 15) is 13.6 Å². The molecule has 1 aliphatic heterocycles. The third-order valence-corrected chi connectivity index (χ3v) is 6.29. The molecule has 1 fully saturated rings. The van der Waals surface area contributed by atoms with Crippen LogP contribution in [0.4, 0.5) is 14.5 Å². The Bertz CT molecular complexity index is 1090. The first-order chi connectivity index (χ1) is 15.9. The highest BCUT2D eigenvalue weighted by Crippen LogP contribution is 2.27. The van der Waals surface area contributed by atoms with Gasteiger partial charge < -0.3 is 14.9 Å². The van der Waals surface area contributed by atoms with Crippen molar-refractivity contribution in [3.05, 3.63) is 83.4 Å². The van der Waals surface area contributed by atoms with Gasteiger partial charge in [-0.25, -0.2) is 8.78 Å². The molecule has 0 bridgehead atoms. The fourth-order valence-electron chi connectivity index (χ4n) is 3.72. The molecule has 0 radical (unpaired) electrons. The average Bonchev–Trinajstić information content (AvgIpc) is 2.84. The molecular weight excluding hydrogens is 442 g/mol. The molecule has 174 valence electrons. The smallest absolute Gasteiger partial charge is 0.209 e. The molecule has 7 heteroatoms. The monoisotopic (exact) mass is 470 g/mol. The molecular formula is C26H28F2N2O2S. The van der Waals surface area contributed by atoms with Crippen molar-refractivity contribution in [3.63, 3.8) is 0 Å². The summed E-state index contributed by atoms with van der Waals surface area (Å²) in [5, 5.41) is 8.90. The maximum Gasteiger partial charge on any atom is 0.209 e. The molecule has 0 unspecified atom stereocenters. The number of carbonyl (C=O) groups excluding carboxylic acids is 1. The summed E-state index contributed by atoms with van der Waals surface area (Å²) in [7, 11) is 0. The van der Waals surface area contributed by atoms with Crippen molar-refractivity contribution in [2.45, 2.75) is 18.4 Å². The van der Waals surface area contributed by atoms with Crippen LogP contribution in [-0.4, -0.2) is 48.9 Å². The quantitative estimate of drug-likeness (QED) is 0.415. The lowest BCUT2D eigenvalue weighted by molar-refractivity contribution is -0.118. The van der Waals surface area contributed by atoms with Gasteiger partial charge >= 0.3 is 0 Å². The molecule has 0 spiro atoms. The van der Waals surface area contributed by atoms with E-state index in [0.717, 1.165) is 17.5 Å². The highest BCUT2D eigenvalue weighted by atomic mass is 32.2. The lowest BCUT2D eigenvalue weighted by Gasteiger charge is -2.34. The molecule has 1 saturated heterocycles. The molecule has 0 aromatic heterocycles. The van der Waals surface area contributed by atoms with E-state index in [1.807, 2.05) is 11.0 Å². The van der Waals surface area contributed by atoms with Gasteiger partial charge in [0.25, 0.3) is 0 Å². The summed E-state index contributed by atoms with van der Waals surface area (Å²) in [5.41, 5.74) is 4.31. The lowest BCUT2D eigenvalue weighted by Crippen LogP contribution is -2.46. The fraction of sp³-hybridized carbons (Fsp3) is 0.269. The molecule has 4 rings (SSSR count). The van der Waals surface area contributed by atoms with Gasteiger partial charge in [0.05, 0.1) is 12.3 Å². The van der Waals surface area contributed by atoms with Gasteiger partial charge in [-0.15, -0.1) is 11.8 Å². The number of aryl methyl sites for hydroxylation is 1. The number of piperazine rings is 1. The molecule has 33 heavy (non-hydrogen) atoms. The Kier molecular flexibility index (Phi) is 8.86. The van der Waals surface area contributed by atoms with Crippen molar-refractivity contribution in [1.82, 2.24) is 4.90 Å². The Morgan fingerprint density at radius 2 is 1.76 bits per heavy atom. The maximum absolute atomic E-state index is 13.8. The van der Waals surface area contributed by atoms with Crippen LogP contribution < -0.4 is 4.90 Å². The van der Waals surface area contributed by atoms with Crippen molar-refractivity contribution in [1.29, 1.82) is 0 Å². The number of amides is 1. The number of carbonyl (C=O) groups is 1. The van der Waals surface area contributed by atoms with E-state index in [4.69, 9.17) is 5.11 Å². The van der Waals surface area contributed by atoms with Crippen molar-refractivity contribution in [3.8, 4) is 11.1 Å². The first-order valence-electron chi connectivity index (χ1n) is 10.7. The van der Waals surface area contributed by atoms with E-state index < -0.39 is 0 Å². The number of rotatable bonds is 5. The summed E-state index contributed by atoms with van der Waals surface area (Å²) in [6.07, 6.45) is 2.87. The number of thioether (sulfide) groups is 1. The van der Waals surface area contributed by atoms with Gasteiger partial charge in [-0.3, -0.25) is 4.79 Å². The number of aliphatic hydroxyl groups excluding tert-OH is 1. The zero-order valence-corrected chi connectivity index (χ0v) is 19.6. The summed E-state index contributed by atoms with van der Waals surface area (Å²) in [4.78, 5) is 15.4. The Hall–Kier alpha value is -2.90. The van der Waals surface area contributed by atoms with Gasteiger partial charge in [0.1, 0.15) is 11.6 Å². The topological polar surface area (TPSA) is 43.8 Å². The van der Waals surface area contributed by atoms with Crippen LogP contribution in [-0.2, 0) is 11.4 Å². The van der Waals surface area contributed by atoms with Crippen LogP contribution in [0.3, 0.4) is 0 Å². The highest BCUT2D eigenvalue weighted by molar-refractivity contribution is 7.98. The van der Waals surface area contributed by atoms with Crippen LogP contribution in [0.25, 0.3) is 11.1 Å². The number of nitrogens with zero attached hydrogens (tertiary/aromatic N) is 2. The number of aliphatic hydroxyl groups is 1. The van der Waals surface area contributed by atoms with E-state index in [1.165, 1.54) is 22.6 Å². The zero-order chi connectivity index (χ0) is 23.8. The second kappa shape index (κ2) is 11.8. The Labute approximate surface area is 197 Å². The minimum Gasteiger partial charge on any atom is -0.392 e. The highest BCUT2D eigenvalue weighted by Gasteiger charge is 2.18. The number of benzene rings is 3. The van der Waals surface area contributed by atoms with Crippen molar-refractivity contribution in [2.24, 2.45) is 0 Å². The predicted molar refractivity (Wildman–Crippen MR) is 131 cm³/mol. The second-order valence-electron chi connectivity index (χ2n) is 7.76. The van der Waals surface area contributed by atoms with Crippen LogP contribution in [0, 0.1) is 18.6 Å². The van der Waals surface area contributed by atoms with Gasteiger partial charge in [0.15, 0.2) is 0 Å².